The van der Waals surface area contributed by atoms with Crippen LogP contribution in [0.5, 0.6) is 0 Å². The number of rotatable bonds is 5. The maximum absolute atomic E-state index is 12.4. The Hall–Kier alpha value is -2.23. The fourth-order valence-corrected chi connectivity index (χ4v) is 5.15. The number of hydrogen-bond acceptors (Lipinski definition) is 5. The van der Waals surface area contributed by atoms with Crippen molar-refractivity contribution >= 4 is 33.2 Å². The molecule has 0 saturated heterocycles. The van der Waals surface area contributed by atoms with Gasteiger partial charge in [0.2, 0.25) is 10.0 Å². The molecule has 1 aliphatic carbocycles. The van der Waals surface area contributed by atoms with E-state index in [0.29, 0.717) is 5.56 Å². The quantitative estimate of drug-likeness (QED) is 0.645. The van der Waals surface area contributed by atoms with Crippen molar-refractivity contribution in [2.45, 2.75) is 50.0 Å². The minimum atomic E-state index is -3.75. The summed E-state index contributed by atoms with van der Waals surface area (Å²) in [7, 11) is -3.75. The Balaban J connectivity index is 1.64. The van der Waals surface area contributed by atoms with E-state index in [9.17, 15) is 18.0 Å². The summed E-state index contributed by atoms with van der Waals surface area (Å²) < 4.78 is 27.3. The first kappa shape index (κ1) is 20.5. The molecule has 9 heteroatoms. The third-order valence-corrected chi connectivity index (χ3v) is 6.93. The summed E-state index contributed by atoms with van der Waals surface area (Å²) in [6, 6.07) is 8.42. The van der Waals surface area contributed by atoms with Crippen molar-refractivity contribution in [1.82, 2.24) is 15.6 Å². The summed E-state index contributed by atoms with van der Waals surface area (Å²) in [5.74, 6) is -1.16. The SMILES string of the molecule is CC(C)(C)c1ccc(C(=O)NNC(=O)c2sccc2S(=O)(=O)NC2CC2)cc1. The van der Waals surface area contributed by atoms with Gasteiger partial charge in [-0.1, -0.05) is 32.9 Å². The summed E-state index contributed by atoms with van der Waals surface area (Å²) >= 11 is 1.00. The lowest BCUT2D eigenvalue weighted by molar-refractivity contribution is 0.0847. The average molecular weight is 422 g/mol. The number of carbonyl (C=O) groups excluding carboxylic acids is 2. The number of thiophene rings is 1. The van der Waals surface area contributed by atoms with E-state index < -0.39 is 21.8 Å². The van der Waals surface area contributed by atoms with Crippen LogP contribution in [0.25, 0.3) is 0 Å². The molecule has 0 atom stereocenters. The molecule has 7 nitrogen and oxygen atoms in total. The van der Waals surface area contributed by atoms with Crippen LogP contribution in [-0.4, -0.2) is 26.3 Å². The Kier molecular flexibility index (Phi) is 5.60. The van der Waals surface area contributed by atoms with Crippen molar-refractivity contribution in [2.24, 2.45) is 0 Å². The first-order valence-corrected chi connectivity index (χ1v) is 11.3. The summed E-state index contributed by atoms with van der Waals surface area (Å²) in [6.07, 6.45) is 1.60. The molecule has 1 aliphatic rings. The van der Waals surface area contributed by atoms with Gasteiger partial charge in [-0.25, -0.2) is 13.1 Å². The number of carbonyl (C=O) groups is 2. The predicted octanol–water partition coefficient (Wildman–Crippen LogP) is 2.56. The van der Waals surface area contributed by atoms with Crippen LogP contribution in [-0.2, 0) is 15.4 Å². The molecule has 1 fully saturated rings. The van der Waals surface area contributed by atoms with E-state index in [-0.39, 0.29) is 21.2 Å². The molecular formula is C19H23N3O4S2. The van der Waals surface area contributed by atoms with Crippen molar-refractivity contribution in [2.75, 3.05) is 0 Å². The molecule has 1 aromatic carbocycles. The molecule has 1 aromatic heterocycles. The van der Waals surface area contributed by atoms with Gasteiger partial charge in [-0.3, -0.25) is 20.4 Å². The molecule has 0 aliphatic heterocycles. The van der Waals surface area contributed by atoms with Crippen molar-refractivity contribution in [3.8, 4) is 0 Å². The first-order valence-electron chi connectivity index (χ1n) is 8.89. The topological polar surface area (TPSA) is 104 Å². The van der Waals surface area contributed by atoms with E-state index in [1.165, 1.54) is 11.4 Å². The molecule has 3 rings (SSSR count). The van der Waals surface area contributed by atoms with Gasteiger partial charge in [-0.2, -0.15) is 0 Å². The molecule has 28 heavy (non-hydrogen) atoms. The van der Waals surface area contributed by atoms with Crippen molar-refractivity contribution in [3.05, 3.63) is 51.7 Å². The van der Waals surface area contributed by atoms with E-state index in [4.69, 9.17) is 0 Å². The Morgan fingerprint density at radius 1 is 1.00 bits per heavy atom. The second kappa shape index (κ2) is 7.65. The Morgan fingerprint density at radius 3 is 2.18 bits per heavy atom. The van der Waals surface area contributed by atoms with Crippen LogP contribution in [0.4, 0.5) is 0 Å². The van der Waals surface area contributed by atoms with Crippen molar-refractivity contribution < 1.29 is 18.0 Å². The van der Waals surface area contributed by atoms with E-state index in [1.54, 1.807) is 12.1 Å². The normalized spacial score (nSPS) is 14.5. The maximum Gasteiger partial charge on any atom is 0.281 e. The highest BCUT2D eigenvalue weighted by Gasteiger charge is 2.31. The van der Waals surface area contributed by atoms with E-state index in [2.05, 4.69) is 36.3 Å². The van der Waals surface area contributed by atoms with Crippen LogP contribution >= 0.6 is 11.3 Å². The van der Waals surface area contributed by atoms with Crippen LogP contribution in [0.3, 0.4) is 0 Å². The summed E-state index contributed by atoms with van der Waals surface area (Å²) in [5, 5.41) is 1.53. The fraction of sp³-hybridized carbons (Fsp3) is 0.368. The predicted molar refractivity (Wildman–Crippen MR) is 108 cm³/mol. The van der Waals surface area contributed by atoms with E-state index in [1.807, 2.05) is 12.1 Å². The Bertz CT molecular complexity index is 985. The zero-order valence-electron chi connectivity index (χ0n) is 15.9. The van der Waals surface area contributed by atoms with Crippen LogP contribution < -0.4 is 15.6 Å². The third kappa shape index (κ3) is 4.78. The van der Waals surface area contributed by atoms with Crippen molar-refractivity contribution in [3.63, 3.8) is 0 Å². The van der Waals surface area contributed by atoms with Gasteiger partial charge in [0.05, 0.1) is 0 Å². The standard InChI is InChI=1S/C19H23N3O4S2/c1-19(2,3)13-6-4-12(5-7-13)17(23)20-21-18(24)16-15(10-11-27-16)28(25,26)22-14-8-9-14/h4-7,10-11,14,22H,8-9H2,1-3H3,(H,20,23)(H,21,24). The molecule has 1 heterocycles. The molecule has 0 unspecified atom stereocenters. The number of sulfonamides is 1. The summed E-state index contributed by atoms with van der Waals surface area (Å²) in [4.78, 5) is 24.6. The lowest BCUT2D eigenvalue weighted by Crippen LogP contribution is -2.42. The van der Waals surface area contributed by atoms with Gasteiger partial charge in [0.15, 0.2) is 0 Å². The van der Waals surface area contributed by atoms with Gasteiger partial charge >= 0.3 is 0 Å². The molecule has 0 spiro atoms. The molecular weight excluding hydrogens is 398 g/mol. The number of nitrogens with one attached hydrogen (secondary N) is 3. The third-order valence-electron chi connectivity index (χ3n) is 4.33. The number of hydrazine groups is 1. The molecule has 0 bridgehead atoms. The minimum absolute atomic E-state index is 0.0246. The van der Waals surface area contributed by atoms with E-state index in [0.717, 1.165) is 29.7 Å². The lowest BCUT2D eigenvalue weighted by atomic mass is 9.87. The second-order valence-corrected chi connectivity index (χ2v) is 10.3. The van der Waals surface area contributed by atoms with Gasteiger partial charge in [0.25, 0.3) is 11.8 Å². The van der Waals surface area contributed by atoms with Gasteiger partial charge in [-0.15, -0.1) is 11.3 Å². The number of hydrogen-bond donors (Lipinski definition) is 3. The molecule has 3 N–H and O–H groups in total. The zero-order chi connectivity index (χ0) is 20.5. The number of benzene rings is 1. The first-order chi connectivity index (χ1) is 13.1. The van der Waals surface area contributed by atoms with Crippen molar-refractivity contribution in [1.29, 1.82) is 0 Å². The highest BCUT2D eigenvalue weighted by Crippen LogP contribution is 2.26. The molecule has 2 amide bonds. The van der Waals surface area contributed by atoms with Crippen LogP contribution in [0.1, 0.15) is 59.2 Å². The smallest absolute Gasteiger partial charge is 0.267 e. The van der Waals surface area contributed by atoms with Gasteiger partial charge < -0.3 is 0 Å². The monoisotopic (exact) mass is 421 g/mol. The Labute approximate surface area is 168 Å². The molecule has 150 valence electrons. The second-order valence-electron chi connectivity index (χ2n) is 7.75. The number of amides is 2. The average Bonchev–Trinajstić information content (AvgIpc) is 3.27. The highest BCUT2D eigenvalue weighted by molar-refractivity contribution is 7.89. The largest absolute Gasteiger partial charge is 0.281 e. The van der Waals surface area contributed by atoms with Gasteiger partial charge in [0, 0.05) is 11.6 Å². The highest BCUT2D eigenvalue weighted by atomic mass is 32.2. The lowest BCUT2D eigenvalue weighted by Gasteiger charge is -2.19. The van der Waals surface area contributed by atoms with Gasteiger partial charge in [-0.05, 0) is 47.4 Å². The zero-order valence-corrected chi connectivity index (χ0v) is 17.5. The maximum atomic E-state index is 12.4. The van der Waals surface area contributed by atoms with Gasteiger partial charge in [0.1, 0.15) is 9.77 Å². The van der Waals surface area contributed by atoms with Crippen LogP contribution in [0, 0.1) is 0 Å². The van der Waals surface area contributed by atoms with Crippen LogP contribution in [0.2, 0.25) is 0 Å². The molecule has 0 radical (unpaired) electrons. The minimum Gasteiger partial charge on any atom is -0.267 e. The molecule has 2 aromatic rings. The van der Waals surface area contributed by atoms with E-state index >= 15 is 0 Å². The Morgan fingerprint density at radius 2 is 1.61 bits per heavy atom. The fourth-order valence-electron chi connectivity index (χ4n) is 2.52. The molecule has 1 saturated carbocycles. The van der Waals surface area contributed by atoms with Crippen LogP contribution in [0.15, 0.2) is 40.6 Å². The summed E-state index contributed by atoms with van der Waals surface area (Å²) in [5.41, 5.74) is 6.07. The summed E-state index contributed by atoms with van der Waals surface area (Å²) in [6.45, 7) is 6.23.